The van der Waals surface area contributed by atoms with Crippen LogP contribution in [-0.2, 0) is 0 Å². The van der Waals surface area contributed by atoms with Crippen LogP contribution in [0.3, 0.4) is 0 Å². The minimum Gasteiger partial charge on any atom is -0.489 e. The first-order valence-electron chi connectivity index (χ1n) is 8.92. The van der Waals surface area contributed by atoms with Crippen LogP contribution in [0.15, 0.2) is 54.7 Å². The van der Waals surface area contributed by atoms with Crippen molar-refractivity contribution in [1.29, 1.82) is 0 Å². The molecule has 6 rings (SSSR count). The van der Waals surface area contributed by atoms with Gasteiger partial charge >= 0.3 is 0 Å². The minimum absolute atomic E-state index is 0.370. The molecule has 2 bridgehead atoms. The van der Waals surface area contributed by atoms with Gasteiger partial charge in [0.05, 0.1) is 0 Å². The second-order valence-electron chi connectivity index (χ2n) is 7.10. The fourth-order valence-electron chi connectivity index (χ4n) is 4.18. The van der Waals surface area contributed by atoms with Crippen LogP contribution >= 0.6 is 0 Å². The number of H-pyrrole nitrogens is 1. The lowest BCUT2D eigenvalue weighted by Gasteiger charge is -2.44. The Morgan fingerprint density at radius 2 is 1.71 bits per heavy atom. The van der Waals surface area contributed by atoms with Gasteiger partial charge < -0.3 is 9.72 Å². The Morgan fingerprint density at radius 3 is 2.46 bits per heavy atom. The quantitative estimate of drug-likeness (QED) is 0.779. The van der Waals surface area contributed by atoms with Crippen molar-refractivity contribution in [3.05, 3.63) is 54.7 Å². The molecular formula is C21H22N2O. The maximum absolute atomic E-state index is 6.29. The van der Waals surface area contributed by atoms with E-state index in [0.29, 0.717) is 6.10 Å². The van der Waals surface area contributed by atoms with Crippen molar-refractivity contribution in [3.63, 3.8) is 0 Å². The number of ether oxygens (including phenoxy) is 1. The van der Waals surface area contributed by atoms with E-state index in [-0.39, 0.29) is 0 Å². The topological polar surface area (TPSA) is 28.3 Å². The van der Waals surface area contributed by atoms with Crippen molar-refractivity contribution in [2.45, 2.75) is 18.9 Å². The Balaban J connectivity index is 1.35. The fraction of sp³-hybridized carbons (Fsp3) is 0.333. The zero-order valence-corrected chi connectivity index (χ0v) is 13.7. The van der Waals surface area contributed by atoms with E-state index in [0.717, 1.165) is 18.2 Å². The molecule has 3 aromatic rings. The van der Waals surface area contributed by atoms with Crippen LogP contribution in [0.25, 0.3) is 22.0 Å². The molecule has 1 N–H and O–H groups in total. The van der Waals surface area contributed by atoms with E-state index in [1.165, 1.54) is 48.0 Å². The Kier molecular flexibility index (Phi) is 3.34. The van der Waals surface area contributed by atoms with Crippen LogP contribution in [0.4, 0.5) is 0 Å². The first-order valence-corrected chi connectivity index (χ1v) is 8.92. The van der Waals surface area contributed by atoms with Crippen molar-refractivity contribution in [1.82, 2.24) is 9.88 Å². The summed E-state index contributed by atoms with van der Waals surface area (Å²) >= 11 is 0. The predicted molar refractivity (Wildman–Crippen MR) is 97.3 cm³/mol. The van der Waals surface area contributed by atoms with Gasteiger partial charge in [-0.2, -0.15) is 0 Å². The first kappa shape index (κ1) is 14.1. The zero-order valence-electron chi connectivity index (χ0n) is 13.7. The average molecular weight is 318 g/mol. The van der Waals surface area contributed by atoms with Gasteiger partial charge in [-0.1, -0.05) is 18.2 Å². The molecule has 1 aromatic heterocycles. The van der Waals surface area contributed by atoms with Gasteiger partial charge in [0.15, 0.2) is 0 Å². The fourth-order valence-corrected chi connectivity index (χ4v) is 4.18. The molecule has 1 unspecified atom stereocenters. The first-order chi connectivity index (χ1) is 11.8. The number of aromatic amines is 1. The molecule has 0 radical (unpaired) electrons. The van der Waals surface area contributed by atoms with Gasteiger partial charge in [-0.25, -0.2) is 0 Å². The number of rotatable bonds is 3. The number of hydrogen-bond acceptors (Lipinski definition) is 2. The Hall–Kier alpha value is -2.26. The van der Waals surface area contributed by atoms with Crippen molar-refractivity contribution in [3.8, 4) is 16.9 Å². The molecule has 3 fully saturated rings. The zero-order chi connectivity index (χ0) is 15.9. The Labute approximate surface area is 142 Å². The molecule has 0 spiro atoms. The average Bonchev–Trinajstić information content (AvgIpc) is 3.11. The highest BCUT2D eigenvalue weighted by molar-refractivity contribution is 5.85. The van der Waals surface area contributed by atoms with Crippen molar-refractivity contribution < 1.29 is 4.74 Å². The SMILES string of the molecule is c1cc2cc(-c3ccc(OC4CN5CCC4CC5)cc3)ccc2[nH]1. The van der Waals surface area contributed by atoms with Gasteiger partial charge in [0.2, 0.25) is 0 Å². The van der Waals surface area contributed by atoms with Crippen LogP contribution in [0, 0.1) is 5.92 Å². The summed E-state index contributed by atoms with van der Waals surface area (Å²) in [6, 6.07) is 17.2. The molecule has 0 amide bonds. The maximum atomic E-state index is 6.29. The highest BCUT2D eigenvalue weighted by atomic mass is 16.5. The van der Waals surface area contributed by atoms with E-state index in [9.17, 15) is 0 Å². The summed E-state index contributed by atoms with van der Waals surface area (Å²) < 4.78 is 6.29. The molecule has 0 aliphatic carbocycles. The lowest BCUT2D eigenvalue weighted by Crippen LogP contribution is -2.52. The van der Waals surface area contributed by atoms with Gasteiger partial charge in [-0.05, 0) is 78.7 Å². The number of nitrogens with zero attached hydrogens (tertiary/aromatic N) is 1. The monoisotopic (exact) mass is 318 g/mol. The number of fused-ring (bicyclic) bond motifs is 4. The van der Waals surface area contributed by atoms with Gasteiger partial charge in [0, 0.05) is 18.3 Å². The summed E-state index contributed by atoms with van der Waals surface area (Å²) in [6.07, 6.45) is 4.94. The number of piperidine rings is 3. The molecule has 3 heteroatoms. The number of aromatic nitrogens is 1. The summed E-state index contributed by atoms with van der Waals surface area (Å²) in [6.45, 7) is 3.60. The molecular weight excluding hydrogens is 296 g/mol. The van der Waals surface area contributed by atoms with Crippen LogP contribution < -0.4 is 4.74 Å². The highest BCUT2D eigenvalue weighted by Gasteiger charge is 2.35. The third kappa shape index (κ3) is 2.49. The normalized spacial score (nSPS) is 25.9. The van der Waals surface area contributed by atoms with Crippen LogP contribution in [-0.4, -0.2) is 35.6 Å². The van der Waals surface area contributed by atoms with Crippen molar-refractivity contribution in [2.75, 3.05) is 19.6 Å². The van der Waals surface area contributed by atoms with Gasteiger partial charge in [-0.3, -0.25) is 4.90 Å². The second-order valence-corrected chi connectivity index (χ2v) is 7.10. The Morgan fingerprint density at radius 1 is 0.917 bits per heavy atom. The van der Waals surface area contributed by atoms with E-state index in [1.807, 2.05) is 6.20 Å². The Bertz CT molecular complexity index is 844. The molecule has 24 heavy (non-hydrogen) atoms. The lowest BCUT2D eigenvalue weighted by atomic mass is 9.86. The number of nitrogens with one attached hydrogen (secondary N) is 1. The van der Waals surface area contributed by atoms with E-state index < -0.39 is 0 Å². The van der Waals surface area contributed by atoms with Crippen LogP contribution in [0.1, 0.15) is 12.8 Å². The second kappa shape index (κ2) is 5.67. The van der Waals surface area contributed by atoms with Gasteiger partial charge in [0.25, 0.3) is 0 Å². The summed E-state index contributed by atoms with van der Waals surface area (Å²) in [4.78, 5) is 5.77. The smallest absolute Gasteiger partial charge is 0.119 e. The highest BCUT2D eigenvalue weighted by Crippen LogP contribution is 2.32. The molecule has 0 saturated carbocycles. The van der Waals surface area contributed by atoms with E-state index >= 15 is 0 Å². The summed E-state index contributed by atoms with van der Waals surface area (Å²) in [5.74, 6) is 1.74. The van der Waals surface area contributed by atoms with Gasteiger partial charge in [-0.15, -0.1) is 0 Å². The molecule has 2 aromatic carbocycles. The molecule has 3 aliphatic heterocycles. The third-order valence-corrected chi connectivity index (χ3v) is 5.62. The molecule has 122 valence electrons. The molecule has 3 aliphatic rings. The predicted octanol–water partition coefficient (Wildman–Crippen LogP) is 4.31. The number of hydrogen-bond donors (Lipinski definition) is 1. The van der Waals surface area contributed by atoms with E-state index in [4.69, 9.17) is 4.74 Å². The van der Waals surface area contributed by atoms with Crippen molar-refractivity contribution in [2.24, 2.45) is 5.92 Å². The summed E-state index contributed by atoms with van der Waals surface area (Å²) in [5, 5.41) is 1.25. The molecule has 4 heterocycles. The van der Waals surface area contributed by atoms with Crippen LogP contribution in [0.5, 0.6) is 5.75 Å². The maximum Gasteiger partial charge on any atom is 0.119 e. The molecule has 1 atom stereocenters. The lowest BCUT2D eigenvalue weighted by molar-refractivity contribution is -0.00775. The standard InChI is InChI=1S/C21H22N2O/c1-4-19(24-21-14-23-11-8-16(21)9-12-23)5-2-15(1)17-3-6-20-18(13-17)7-10-22-20/h1-7,10,13,16,21-22H,8-9,11-12,14H2. The third-order valence-electron chi connectivity index (χ3n) is 5.62. The molecule has 3 nitrogen and oxygen atoms in total. The summed E-state index contributed by atoms with van der Waals surface area (Å²) in [7, 11) is 0. The molecule has 3 saturated heterocycles. The van der Waals surface area contributed by atoms with Gasteiger partial charge in [0.1, 0.15) is 11.9 Å². The van der Waals surface area contributed by atoms with E-state index in [1.54, 1.807) is 0 Å². The summed E-state index contributed by atoms with van der Waals surface area (Å²) in [5.41, 5.74) is 3.66. The van der Waals surface area contributed by atoms with E-state index in [2.05, 4.69) is 58.4 Å². The van der Waals surface area contributed by atoms with Crippen LogP contribution in [0.2, 0.25) is 0 Å². The minimum atomic E-state index is 0.370. The largest absolute Gasteiger partial charge is 0.489 e. The van der Waals surface area contributed by atoms with Crippen molar-refractivity contribution >= 4 is 10.9 Å². The number of benzene rings is 2.